The number of carbonyl (C=O) groups excluding carboxylic acids is 1. The standard InChI is InChI=1S/C20H25N3O4S/c1-15-4-3-5-18(12-15)22-20(24)14-21-17-7-6-16(2)19(13-17)28(25,26)23-8-10-27-11-9-23/h3-7,12-13,21H,8-11,14H2,1-2H3,(H,22,24). The van der Waals surface area contributed by atoms with E-state index < -0.39 is 10.0 Å². The van der Waals surface area contributed by atoms with E-state index in [-0.39, 0.29) is 17.3 Å². The van der Waals surface area contributed by atoms with E-state index in [1.54, 1.807) is 25.1 Å². The van der Waals surface area contributed by atoms with E-state index >= 15 is 0 Å². The normalized spacial score (nSPS) is 15.2. The molecule has 2 aromatic carbocycles. The first-order chi connectivity index (χ1) is 13.4. The highest BCUT2D eigenvalue weighted by Gasteiger charge is 2.27. The molecule has 0 atom stereocenters. The third kappa shape index (κ3) is 4.89. The van der Waals surface area contributed by atoms with Crippen LogP contribution in [0.4, 0.5) is 11.4 Å². The first-order valence-electron chi connectivity index (χ1n) is 9.15. The van der Waals surface area contributed by atoms with Crippen LogP contribution in [-0.2, 0) is 19.6 Å². The molecule has 3 rings (SSSR count). The molecule has 7 nitrogen and oxygen atoms in total. The van der Waals surface area contributed by atoms with Crippen LogP contribution < -0.4 is 10.6 Å². The Hall–Kier alpha value is -2.42. The molecule has 2 aromatic rings. The van der Waals surface area contributed by atoms with Crippen molar-refractivity contribution >= 4 is 27.3 Å². The van der Waals surface area contributed by atoms with Gasteiger partial charge in [-0.15, -0.1) is 0 Å². The zero-order valence-electron chi connectivity index (χ0n) is 16.1. The zero-order valence-corrected chi connectivity index (χ0v) is 16.9. The summed E-state index contributed by atoms with van der Waals surface area (Å²) in [4.78, 5) is 12.4. The molecule has 0 saturated carbocycles. The summed E-state index contributed by atoms with van der Waals surface area (Å²) >= 11 is 0. The molecule has 0 bridgehead atoms. The van der Waals surface area contributed by atoms with Gasteiger partial charge in [0.1, 0.15) is 0 Å². The van der Waals surface area contributed by atoms with Crippen molar-refractivity contribution in [3.8, 4) is 0 Å². The van der Waals surface area contributed by atoms with E-state index in [2.05, 4.69) is 10.6 Å². The Morgan fingerprint density at radius 1 is 1.07 bits per heavy atom. The Labute approximate surface area is 165 Å². The van der Waals surface area contributed by atoms with Crippen LogP contribution in [0.15, 0.2) is 47.4 Å². The number of ether oxygens (including phenoxy) is 1. The molecule has 150 valence electrons. The van der Waals surface area contributed by atoms with E-state index in [4.69, 9.17) is 4.74 Å². The van der Waals surface area contributed by atoms with Crippen molar-refractivity contribution in [2.45, 2.75) is 18.7 Å². The molecule has 2 N–H and O–H groups in total. The summed E-state index contributed by atoms with van der Waals surface area (Å²) in [6, 6.07) is 12.6. The highest BCUT2D eigenvalue weighted by atomic mass is 32.2. The Balaban J connectivity index is 1.68. The zero-order chi connectivity index (χ0) is 20.1. The highest BCUT2D eigenvalue weighted by Crippen LogP contribution is 2.24. The molecule has 1 amide bonds. The second kappa shape index (κ2) is 8.72. The van der Waals surface area contributed by atoms with Crippen LogP contribution >= 0.6 is 0 Å². The van der Waals surface area contributed by atoms with Crippen LogP contribution in [0, 0.1) is 13.8 Å². The first-order valence-corrected chi connectivity index (χ1v) is 10.6. The summed E-state index contributed by atoms with van der Waals surface area (Å²) < 4.78 is 32.6. The number of rotatable bonds is 6. The lowest BCUT2D eigenvalue weighted by atomic mass is 10.2. The van der Waals surface area contributed by atoms with Crippen LogP contribution in [-0.4, -0.2) is 51.5 Å². The van der Waals surface area contributed by atoms with E-state index in [0.29, 0.717) is 37.6 Å². The van der Waals surface area contributed by atoms with Gasteiger partial charge in [-0.2, -0.15) is 4.31 Å². The van der Waals surface area contributed by atoms with Crippen molar-refractivity contribution in [2.75, 3.05) is 43.5 Å². The number of amides is 1. The van der Waals surface area contributed by atoms with Gasteiger partial charge in [0.05, 0.1) is 24.7 Å². The lowest BCUT2D eigenvalue weighted by Gasteiger charge is -2.27. The monoisotopic (exact) mass is 403 g/mol. The van der Waals surface area contributed by atoms with Crippen molar-refractivity contribution in [1.82, 2.24) is 4.31 Å². The van der Waals surface area contributed by atoms with Gasteiger partial charge in [0.2, 0.25) is 15.9 Å². The number of nitrogens with zero attached hydrogens (tertiary/aromatic N) is 1. The molecular formula is C20H25N3O4S. The maximum Gasteiger partial charge on any atom is 0.243 e. The van der Waals surface area contributed by atoms with Gasteiger partial charge in [-0.3, -0.25) is 4.79 Å². The van der Waals surface area contributed by atoms with Gasteiger partial charge in [0.25, 0.3) is 0 Å². The van der Waals surface area contributed by atoms with E-state index in [1.807, 2.05) is 31.2 Å². The fraction of sp³-hybridized carbons (Fsp3) is 0.350. The van der Waals surface area contributed by atoms with E-state index in [1.165, 1.54) is 4.31 Å². The van der Waals surface area contributed by atoms with Gasteiger partial charge in [0, 0.05) is 24.5 Å². The number of carbonyl (C=O) groups is 1. The summed E-state index contributed by atoms with van der Waals surface area (Å²) in [5, 5.41) is 5.82. The predicted octanol–water partition coefficient (Wildman–Crippen LogP) is 2.37. The van der Waals surface area contributed by atoms with Crippen LogP contribution in [0.3, 0.4) is 0 Å². The van der Waals surface area contributed by atoms with Crippen LogP contribution in [0.25, 0.3) is 0 Å². The minimum absolute atomic E-state index is 0.0358. The van der Waals surface area contributed by atoms with Gasteiger partial charge in [-0.05, 0) is 49.2 Å². The fourth-order valence-corrected chi connectivity index (χ4v) is 4.68. The molecule has 0 aliphatic carbocycles. The maximum atomic E-state index is 12.9. The van der Waals surface area contributed by atoms with Gasteiger partial charge in [-0.25, -0.2) is 8.42 Å². The molecule has 1 saturated heterocycles. The maximum absolute atomic E-state index is 12.9. The number of hydrogen-bond acceptors (Lipinski definition) is 5. The average Bonchev–Trinajstić information content (AvgIpc) is 2.68. The number of sulfonamides is 1. The minimum Gasteiger partial charge on any atom is -0.379 e. The van der Waals surface area contributed by atoms with Crippen LogP contribution in [0.5, 0.6) is 0 Å². The van der Waals surface area contributed by atoms with Crippen LogP contribution in [0.2, 0.25) is 0 Å². The number of benzene rings is 2. The topological polar surface area (TPSA) is 87.7 Å². The summed E-state index contributed by atoms with van der Waals surface area (Å²) in [5.74, 6) is -0.205. The smallest absolute Gasteiger partial charge is 0.243 e. The Kier molecular flexibility index (Phi) is 6.33. The summed E-state index contributed by atoms with van der Waals surface area (Å²) in [6.45, 7) is 5.24. The summed E-state index contributed by atoms with van der Waals surface area (Å²) in [5.41, 5.74) is 3.03. The Bertz CT molecular complexity index is 954. The summed E-state index contributed by atoms with van der Waals surface area (Å²) in [7, 11) is -3.59. The van der Waals surface area contributed by atoms with Gasteiger partial charge in [-0.1, -0.05) is 18.2 Å². The molecule has 0 unspecified atom stereocenters. The lowest BCUT2D eigenvalue weighted by molar-refractivity contribution is -0.114. The molecule has 1 aliphatic heterocycles. The average molecular weight is 404 g/mol. The van der Waals surface area contributed by atoms with Crippen molar-refractivity contribution in [2.24, 2.45) is 0 Å². The molecule has 1 aliphatic rings. The largest absolute Gasteiger partial charge is 0.379 e. The quantitative estimate of drug-likeness (QED) is 0.773. The molecule has 0 spiro atoms. The highest BCUT2D eigenvalue weighted by molar-refractivity contribution is 7.89. The predicted molar refractivity (Wildman–Crippen MR) is 109 cm³/mol. The molecule has 1 heterocycles. The Morgan fingerprint density at radius 3 is 2.54 bits per heavy atom. The third-order valence-electron chi connectivity index (χ3n) is 4.53. The molecule has 8 heteroatoms. The first kappa shape index (κ1) is 20.3. The van der Waals surface area contributed by atoms with Gasteiger partial charge < -0.3 is 15.4 Å². The number of anilines is 2. The SMILES string of the molecule is Cc1cccc(NC(=O)CNc2ccc(C)c(S(=O)(=O)N3CCOCC3)c2)c1. The number of nitrogens with one attached hydrogen (secondary N) is 2. The second-order valence-corrected chi connectivity index (χ2v) is 8.67. The molecule has 0 aromatic heterocycles. The molecule has 28 heavy (non-hydrogen) atoms. The van der Waals surface area contributed by atoms with Crippen molar-refractivity contribution in [3.05, 3.63) is 53.6 Å². The lowest BCUT2D eigenvalue weighted by Crippen LogP contribution is -2.40. The van der Waals surface area contributed by atoms with Crippen molar-refractivity contribution < 1.29 is 17.9 Å². The number of morpholine rings is 1. The van der Waals surface area contributed by atoms with E-state index in [0.717, 1.165) is 11.3 Å². The second-order valence-electron chi connectivity index (χ2n) is 6.77. The molecule has 0 radical (unpaired) electrons. The number of aryl methyl sites for hydroxylation is 2. The Morgan fingerprint density at radius 2 is 1.82 bits per heavy atom. The number of hydrogen-bond donors (Lipinski definition) is 2. The van der Waals surface area contributed by atoms with Crippen molar-refractivity contribution in [1.29, 1.82) is 0 Å². The molecule has 1 fully saturated rings. The fourth-order valence-electron chi connectivity index (χ4n) is 3.02. The third-order valence-corrected chi connectivity index (χ3v) is 6.57. The summed E-state index contributed by atoms with van der Waals surface area (Å²) in [6.07, 6.45) is 0. The van der Waals surface area contributed by atoms with Gasteiger partial charge in [0.15, 0.2) is 0 Å². The molecular weight excluding hydrogens is 378 g/mol. The van der Waals surface area contributed by atoms with Crippen LogP contribution in [0.1, 0.15) is 11.1 Å². The van der Waals surface area contributed by atoms with E-state index in [9.17, 15) is 13.2 Å². The minimum atomic E-state index is -3.59. The van der Waals surface area contributed by atoms with Gasteiger partial charge >= 0.3 is 0 Å². The van der Waals surface area contributed by atoms with Crippen molar-refractivity contribution in [3.63, 3.8) is 0 Å².